The van der Waals surface area contributed by atoms with E-state index in [1.165, 1.54) is 35.0 Å². The summed E-state index contributed by atoms with van der Waals surface area (Å²) >= 11 is 4.44. The lowest BCUT2D eigenvalue weighted by Crippen LogP contribution is -2.33. The molecule has 0 saturated heterocycles. The Balaban J connectivity index is 2.12. The third-order valence-electron chi connectivity index (χ3n) is 3.51. The number of halogens is 1. The molecule has 1 atom stereocenters. The van der Waals surface area contributed by atoms with Crippen LogP contribution in [0.2, 0.25) is 0 Å². The highest BCUT2D eigenvalue weighted by molar-refractivity contribution is 14.1. The summed E-state index contributed by atoms with van der Waals surface area (Å²) in [5, 5.41) is 3.83. The zero-order valence-corrected chi connectivity index (χ0v) is 13.0. The molecule has 1 aromatic rings. The van der Waals surface area contributed by atoms with Crippen molar-refractivity contribution in [1.82, 2.24) is 5.32 Å². The lowest BCUT2D eigenvalue weighted by atomic mass is 9.93. The molecule has 1 unspecified atom stereocenters. The van der Waals surface area contributed by atoms with Gasteiger partial charge < -0.3 is 5.32 Å². The molecule has 0 fully saturated rings. The molecule has 0 aromatic carbocycles. The van der Waals surface area contributed by atoms with E-state index in [4.69, 9.17) is 0 Å². The normalized spacial score (nSPS) is 20.1. The lowest BCUT2D eigenvalue weighted by Gasteiger charge is -2.28. The van der Waals surface area contributed by atoms with Crippen molar-refractivity contribution >= 4 is 33.9 Å². The molecule has 16 heavy (non-hydrogen) atoms. The van der Waals surface area contributed by atoms with Crippen LogP contribution in [0.5, 0.6) is 0 Å². The van der Waals surface area contributed by atoms with Gasteiger partial charge in [-0.2, -0.15) is 0 Å². The highest BCUT2D eigenvalue weighted by atomic mass is 127. The molecule has 1 nitrogen and oxygen atoms in total. The van der Waals surface area contributed by atoms with Gasteiger partial charge in [-0.1, -0.05) is 13.8 Å². The second-order valence-electron chi connectivity index (χ2n) is 4.55. The van der Waals surface area contributed by atoms with Crippen molar-refractivity contribution in [3.63, 3.8) is 0 Å². The van der Waals surface area contributed by atoms with Crippen molar-refractivity contribution in [2.24, 2.45) is 0 Å². The molecule has 0 spiro atoms. The average Bonchev–Trinajstić information content (AvgIpc) is 2.67. The minimum atomic E-state index is 0.619. The summed E-state index contributed by atoms with van der Waals surface area (Å²) < 4.78 is 1.45. The molecule has 0 saturated carbocycles. The molecule has 90 valence electrons. The van der Waals surface area contributed by atoms with E-state index in [1.54, 1.807) is 10.4 Å². The van der Waals surface area contributed by atoms with E-state index in [0.717, 1.165) is 0 Å². The number of fused-ring (bicyclic) bond motifs is 1. The van der Waals surface area contributed by atoms with Crippen molar-refractivity contribution in [1.29, 1.82) is 0 Å². The van der Waals surface area contributed by atoms with E-state index in [0.29, 0.717) is 12.1 Å². The van der Waals surface area contributed by atoms with Crippen LogP contribution in [0.3, 0.4) is 0 Å². The summed E-state index contributed by atoms with van der Waals surface area (Å²) in [6.45, 7) is 4.56. The molecular formula is C13H20INS. The number of aryl methyl sites for hydroxylation is 1. The summed E-state index contributed by atoms with van der Waals surface area (Å²) in [6, 6.07) is 3.70. The summed E-state index contributed by atoms with van der Waals surface area (Å²) in [6.07, 6.45) is 6.44. The SMILES string of the molecule is CCC(CC)NC1CCCc2sc(I)cc21. The van der Waals surface area contributed by atoms with Crippen LogP contribution in [0.1, 0.15) is 56.0 Å². The van der Waals surface area contributed by atoms with E-state index < -0.39 is 0 Å². The first-order valence-corrected chi connectivity index (χ1v) is 8.18. The van der Waals surface area contributed by atoms with Crippen LogP contribution in [-0.4, -0.2) is 6.04 Å². The predicted octanol–water partition coefficient (Wildman–Crippen LogP) is 4.51. The Bertz CT molecular complexity index is 344. The van der Waals surface area contributed by atoms with E-state index in [-0.39, 0.29) is 0 Å². The second-order valence-corrected chi connectivity index (χ2v) is 7.58. The minimum Gasteiger partial charge on any atom is -0.307 e. The zero-order chi connectivity index (χ0) is 11.5. The smallest absolute Gasteiger partial charge is 0.0659 e. The Kier molecular flexibility index (Phi) is 4.67. The fourth-order valence-corrected chi connectivity index (χ4v) is 4.62. The van der Waals surface area contributed by atoms with E-state index in [2.05, 4.69) is 47.8 Å². The maximum atomic E-state index is 3.83. The number of hydrogen-bond donors (Lipinski definition) is 1. The first-order valence-electron chi connectivity index (χ1n) is 6.28. The van der Waals surface area contributed by atoms with Crippen molar-refractivity contribution in [2.75, 3.05) is 0 Å². The second kappa shape index (κ2) is 5.83. The minimum absolute atomic E-state index is 0.619. The van der Waals surface area contributed by atoms with Gasteiger partial charge in [0.05, 0.1) is 2.88 Å². The largest absolute Gasteiger partial charge is 0.307 e. The Hall–Kier alpha value is 0.390. The van der Waals surface area contributed by atoms with Crippen molar-refractivity contribution < 1.29 is 0 Å². The van der Waals surface area contributed by atoms with Crippen molar-refractivity contribution in [3.05, 3.63) is 19.4 Å². The highest BCUT2D eigenvalue weighted by Gasteiger charge is 2.23. The molecule has 0 bridgehead atoms. The summed E-state index contributed by atoms with van der Waals surface area (Å²) in [7, 11) is 0. The quantitative estimate of drug-likeness (QED) is 0.789. The van der Waals surface area contributed by atoms with Crippen LogP contribution in [0.15, 0.2) is 6.07 Å². The molecule has 3 heteroatoms. The zero-order valence-electron chi connectivity index (χ0n) is 10.1. The van der Waals surface area contributed by atoms with Gasteiger partial charge in [-0.25, -0.2) is 0 Å². The summed E-state index contributed by atoms with van der Waals surface area (Å²) in [5.74, 6) is 0. The topological polar surface area (TPSA) is 12.0 Å². The molecule has 1 heterocycles. The summed E-state index contributed by atoms with van der Waals surface area (Å²) in [4.78, 5) is 1.62. The molecular weight excluding hydrogens is 329 g/mol. The predicted molar refractivity (Wildman–Crippen MR) is 80.2 cm³/mol. The van der Waals surface area contributed by atoms with Crippen LogP contribution in [0.25, 0.3) is 0 Å². The lowest BCUT2D eigenvalue weighted by molar-refractivity contribution is 0.381. The van der Waals surface area contributed by atoms with Gasteiger partial charge in [-0.3, -0.25) is 0 Å². The molecule has 1 aliphatic carbocycles. The van der Waals surface area contributed by atoms with Crippen molar-refractivity contribution in [3.8, 4) is 0 Å². The Morgan fingerprint density at radius 2 is 2.25 bits per heavy atom. The third-order valence-corrected chi connectivity index (χ3v) is 5.48. The summed E-state index contributed by atoms with van der Waals surface area (Å²) in [5.41, 5.74) is 1.59. The van der Waals surface area contributed by atoms with E-state index >= 15 is 0 Å². The van der Waals surface area contributed by atoms with Crippen LogP contribution < -0.4 is 5.32 Å². The average molecular weight is 349 g/mol. The third kappa shape index (κ3) is 2.79. The van der Waals surface area contributed by atoms with Gasteiger partial charge in [-0.15, -0.1) is 11.3 Å². The molecule has 1 aromatic heterocycles. The van der Waals surface area contributed by atoms with E-state index in [9.17, 15) is 0 Å². The Morgan fingerprint density at radius 3 is 2.94 bits per heavy atom. The van der Waals surface area contributed by atoms with Gasteiger partial charge in [0.2, 0.25) is 0 Å². The van der Waals surface area contributed by atoms with Gasteiger partial charge >= 0.3 is 0 Å². The fourth-order valence-electron chi connectivity index (χ4n) is 2.50. The van der Waals surface area contributed by atoms with Gasteiger partial charge in [0.1, 0.15) is 0 Å². The number of thiophene rings is 1. The fraction of sp³-hybridized carbons (Fsp3) is 0.692. The molecule has 0 radical (unpaired) electrons. The molecule has 1 N–H and O–H groups in total. The van der Waals surface area contributed by atoms with E-state index in [1.807, 2.05) is 11.3 Å². The first-order chi connectivity index (χ1) is 7.74. The van der Waals surface area contributed by atoms with Gasteiger partial charge in [0.25, 0.3) is 0 Å². The Labute approximate surface area is 116 Å². The molecule has 0 amide bonds. The van der Waals surface area contributed by atoms with Gasteiger partial charge in [-0.05, 0) is 66.3 Å². The van der Waals surface area contributed by atoms with Gasteiger partial charge in [0, 0.05) is 17.0 Å². The monoisotopic (exact) mass is 349 g/mol. The number of rotatable bonds is 4. The maximum absolute atomic E-state index is 3.83. The van der Waals surface area contributed by atoms with Crippen LogP contribution in [0, 0.1) is 2.88 Å². The number of hydrogen-bond acceptors (Lipinski definition) is 2. The first kappa shape index (κ1) is 12.8. The number of nitrogens with one attached hydrogen (secondary N) is 1. The molecule has 1 aliphatic rings. The molecule has 2 rings (SSSR count). The van der Waals surface area contributed by atoms with Crippen LogP contribution >= 0.6 is 33.9 Å². The van der Waals surface area contributed by atoms with Crippen molar-refractivity contribution in [2.45, 2.75) is 58.0 Å². The molecule has 0 aliphatic heterocycles. The van der Waals surface area contributed by atoms with Crippen LogP contribution in [-0.2, 0) is 6.42 Å². The highest BCUT2D eigenvalue weighted by Crippen LogP contribution is 2.36. The van der Waals surface area contributed by atoms with Crippen LogP contribution in [0.4, 0.5) is 0 Å². The van der Waals surface area contributed by atoms with Gasteiger partial charge in [0.15, 0.2) is 0 Å². The maximum Gasteiger partial charge on any atom is 0.0659 e. The Morgan fingerprint density at radius 1 is 1.50 bits per heavy atom. The standard InChI is InChI=1S/C13H20INS/c1-3-9(4-2)15-11-6-5-7-12-10(11)8-13(14)16-12/h8-9,11,15H,3-7H2,1-2H3.